The molecule has 142 valence electrons. The van der Waals surface area contributed by atoms with Crippen LogP contribution < -0.4 is 0 Å². The second kappa shape index (κ2) is 9.81. The maximum Gasteiger partial charge on any atom is 0.340 e. The monoisotopic (exact) mass is 413 g/mol. The Morgan fingerprint density at radius 1 is 1.15 bits per heavy atom. The molecule has 0 bridgehead atoms. The summed E-state index contributed by atoms with van der Waals surface area (Å²) in [6, 6.07) is 5.85. The Morgan fingerprint density at radius 3 is 2.35 bits per heavy atom. The first-order valence-electron chi connectivity index (χ1n) is 8.42. The number of rotatable bonds is 10. The summed E-state index contributed by atoms with van der Waals surface area (Å²) in [5.41, 5.74) is 3.10. The molecule has 0 aliphatic heterocycles. The van der Waals surface area contributed by atoms with Crippen molar-refractivity contribution in [2.45, 2.75) is 38.3 Å². The van der Waals surface area contributed by atoms with Gasteiger partial charge in [0.1, 0.15) is 10.5 Å². The van der Waals surface area contributed by atoms with E-state index < -0.39 is 7.60 Å². The molecule has 0 aliphatic rings. The summed E-state index contributed by atoms with van der Waals surface area (Å²) in [5, 5.41) is 0.749. The van der Waals surface area contributed by atoms with E-state index in [1.165, 1.54) is 23.1 Å². The maximum atomic E-state index is 12.5. The topological polar surface area (TPSA) is 65.5 Å². The summed E-state index contributed by atoms with van der Waals surface area (Å²) in [6.07, 6.45) is 1.98. The van der Waals surface area contributed by atoms with Crippen LogP contribution in [0.4, 0.5) is 0 Å². The molecule has 5 nitrogen and oxygen atoms in total. The fourth-order valence-electron chi connectivity index (χ4n) is 2.46. The van der Waals surface area contributed by atoms with Crippen molar-refractivity contribution in [2.75, 3.05) is 18.7 Å². The Labute approximate surface area is 163 Å². The van der Waals surface area contributed by atoms with Gasteiger partial charge in [0, 0.05) is 5.56 Å². The molecule has 0 N–H and O–H groups in total. The Kier molecular flexibility index (Phi) is 8.05. The van der Waals surface area contributed by atoms with Crippen LogP contribution >= 0.6 is 30.7 Å². The number of aromatic nitrogens is 1. The summed E-state index contributed by atoms with van der Waals surface area (Å²) in [6.45, 7) is 8.24. The lowest BCUT2D eigenvalue weighted by Gasteiger charge is -2.15. The fourth-order valence-corrected chi connectivity index (χ4v) is 6.84. The van der Waals surface area contributed by atoms with Gasteiger partial charge in [0.25, 0.3) is 0 Å². The minimum atomic E-state index is -3.09. The number of carbonyl (C=O) groups excluding carboxylic acids is 1. The van der Waals surface area contributed by atoms with E-state index in [4.69, 9.17) is 9.05 Å². The summed E-state index contributed by atoms with van der Waals surface area (Å²) in [4.78, 5) is 16.8. The largest absolute Gasteiger partial charge is 0.340 e. The summed E-state index contributed by atoms with van der Waals surface area (Å²) in [7, 11) is -3.09. The van der Waals surface area contributed by atoms with E-state index in [9.17, 15) is 9.36 Å². The molecule has 0 aliphatic carbocycles. The SMILES string of the molecule is CCOP(=O)(CSc1cnc(CC(=O)c2cc(C)cc(C)c2)s1)OCC. The van der Waals surface area contributed by atoms with Gasteiger partial charge in [-0.05, 0) is 39.8 Å². The highest BCUT2D eigenvalue weighted by molar-refractivity contribution is 8.06. The summed E-state index contributed by atoms with van der Waals surface area (Å²) >= 11 is 2.83. The number of carbonyl (C=O) groups is 1. The van der Waals surface area contributed by atoms with Gasteiger partial charge in [-0.3, -0.25) is 9.36 Å². The van der Waals surface area contributed by atoms with Gasteiger partial charge >= 0.3 is 7.60 Å². The first kappa shape index (κ1) is 21.3. The first-order chi connectivity index (χ1) is 12.3. The molecule has 0 fully saturated rings. The third-order valence-corrected chi connectivity index (χ3v) is 8.27. The number of ketones is 1. The molecule has 26 heavy (non-hydrogen) atoms. The Hall–Kier alpha value is -0.980. The second-order valence-electron chi connectivity index (χ2n) is 5.77. The molecule has 0 spiro atoms. The molecular weight excluding hydrogens is 389 g/mol. The third-order valence-electron chi connectivity index (χ3n) is 3.40. The zero-order valence-corrected chi connectivity index (χ0v) is 18.0. The van der Waals surface area contributed by atoms with Gasteiger partial charge in [0.05, 0.1) is 30.0 Å². The summed E-state index contributed by atoms with van der Waals surface area (Å²) < 4.78 is 24.0. The molecule has 0 unspecified atom stereocenters. The van der Waals surface area contributed by atoms with Gasteiger partial charge in [0.15, 0.2) is 5.78 Å². The van der Waals surface area contributed by atoms with Crippen molar-refractivity contribution in [3.05, 3.63) is 46.1 Å². The molecule has 0 radical (unpaired) electrons. The van der Waals surface area contributed by atoms with Gasteiger partial charge in [-0.15, -0.1) is 23.1 Å². The van der Waals surface area contributed by atoms with Crippen molar-refractivity contribution in [3.63, 3.8) is 0 Å². The second-order valence-corrected chi connectivity index (χ2v) is 10.6. The lowest BCUT2D eigenvalue weighted by molar-refractivity contribution is 0.0992. The van der Waals surface area contributed by atoms with Gasteiger partial charge in [0.2, 0.25) is 0 Å². The van der Waals surface area contributed by atoms with Crippen LogP contribution in [0.25, 0.3) is 0 Å². The molecule has 1 aromatic heterocycles. The first-order valence-corrected chi connectivity index (χ1v) is 12.0. The minimum Gasteiger partial charge on any atom is -0.308 e. The molecule has 2 rings (SSSR count). The van der Waals surface area contributed by atoms with Crippen LogP contribution in [-0.4, -0.2) is 29.5 Å². The average molecular weight is 414 g/mol. The Balaban J connectivity index is 1.98. The number of Topliss-reactive ketones (excluding diaryl/α,β-unsaturated/α-hetero) is 1. The molecule has 0 atom stereocenters. The maximum absolute atomic E-state index is 12.5. The van der Waals surface area contributed by atoms with Crippen LogP contribution in [0.3, 0.4) is 0 Å². The fraction of sp³-hybridized carbons (Fsp3) is 0.444. The number of thiazole rings is 1. The third kappa shape index (κ3) is 6.32. The van der Waals surface area contributed by atoms with Crippen LogP contribution in [0, 0.1) is 13.8 Å². The van der Waals surface area contributed by atoms with Crippen LogP contribution in [-0.2, 0) is 20.0 Å². The van der Waals surface area contributed by atoms with Crippen molar-refractivity contribution >= 4 is 36.5 Å². The molecule has 2 aromatic rings. The Bertz CT molecular complexity index is 776. The van der Waals surface area contributed by atoms with E-state index in [1.54, 1.807) is 20.0 Å². The number of nitrogens with zero attached hydrogens (tertiary/aromatic N) is 1. The van der Waals surface area contributed by atoms with Crippen molar-refractivity contribution < 1.29 is 18.4 Å². The molecule has 1 heterocycles. The molecule has 1 aromatic carbocycles. The zero-order valence-electron chi connectivity index (χ0n) is 15.5. The van der Waals surface area contributed by atoms with Crippen LogP contribution in [0.2, 0.25) is 0 Å². The van der Waals surface area contributed by atoms with Gasteiger partial charge in [-0.2, -0.15) is 0 Å². The zero-order chi connectivity index (χ0) is 19.2. The van der Waals surface area contributed by atoms with Gasteiger partial charge < -0.3 is 9.05 Å². The van der Waals surface area contributed by atoms with Gasteiger partial charge in [-0.25, -0.2) is 4.98 Å². The lowest BCUT2D eigenvalue weighted by atomic mass is 10.0. The normalized spacial score (nSPS) is 11.7. The lowest BCUT2D eigenvalue weighted by Crippen LogP contribution is -2.04. The standard InChI is InChI=1S/C18H24NO4PS2/c1-5-22-24(21,23-6-2)12-25-18-11-19-17(26-18)10-16(20)15-8-13(3)7-14(4)9-15/h7-9,11H,5-6,10,12H2,1-4H3. The minimum absolute atomic E-state index is 0.0528. The number of hydrogen-bond donors (Lipinski definition) is 0. The molecular formula is C18H24NO4PS2. The average Bonchev–Trinajstić information content (AvgIpc) is 3.00. The quantitative estimate of drug-likeness (QED) is 0.291. The predicted octanol–water partition coefficient (Wildman–Crippen LogP) is 5.50. The number of thioether (sulfide) groups is 1. The van der Waals surface area contributed by atoms with Crippen LogP contribution in [0.5, 0.6) is 0 Å². The van der Waals surface area contributed by atoms with Crippen molar-refractivity contribution in [2.24, 2.45) is 0 Å². The summed E-state index contributed by atoms with van der Waals surface area (Å²) in [5.74, 6) is 0.0528. The van der Waals surface area contributed by atoms with Crippen molar-refractivity contribution in [1.82, 2.24) is 4.98 Å². The highest BCUT2D eigenvalue weighted by atomic mass is 32.2. The van der Waals surface area contributed by atoms with E-state index in [-0.39, 0.29) is 17.7 Å². The number of hydrogen-bond acceptors (Lipinski definition) is 7. The molecule has 0 saturated heterocycles. The van der Waals surface area contributed by atoms with E-state index in [0.29, 0.717) is 18.8 Å². The molecule has 0 amide bonds. The highest BCUT2D eigenvalue weighted by Gasteiger charge is 2.24. The highest BCUT2D eigenvalue weighted by Crippen LogP contribution is 2.52. The van der Waals surface area contributed by atoms with Crippen LogP contribution in [0.15, 0.2) is 28.6 Å². The predicted molar refractivity (Wildman–Crippen MR) is 108 cm³/mol. The van der Waals surface area contributed by atoms with E-state index in [1.807, 2.05) is 32.0 Å². The number of benzene rings is 1. The van der Waals surface area contributed by atoms with Crippen molar-refractivity contribution in [3.8, 4) is 0 Å². The molecule has 0 saturated carbocycles. The van der Waals surface area contributed by atoms with Gasteiger partial charge in [-0.1, -0.05) is 17.2 Å². The molecule has 8 heteroatoms. The van der Waals surface area contributed by atoms with E-state index in [0.717, 1.165) is 20.3 Å². The van der Waals surface area contributed by atoms with E-state index >= 15 is 0 Å². The van der Waals surface area contributed by atoms with Crippen LogP contribution in [0.1, 0.15) is 40.3 Å². The van der Waals surface area contributed by atoms with E-state index in [2.05, 4.69) is 4.98 Å². The Morgan fingerprint density at radius 2 is 1.77 bits per heavy atom. The van der Waals surface area contributed by atoms with Crippen molar-refractivity contribution in [1.29, 1.82) is 0 Å². The smallest absolute Gasteiger partial charge is 0.308 e. The number of aryl methyl sites for hydroxylation is 2.